The number of nitrogens with one attached hydrogen (secondary N) is 1. The van der Waals surface area contributed by atoms with E-state index in [0.717, 1.165) is 16.9 Å². The summed E-state index contributed by atoms with van der Waals surface area (Å²) < 4.78 is 1.79. The van der Waals surface area contributed by atoms with Gasteiger partial charge < -0.3 is 5.32 Å². The molecule has 1 saturated carbocycles. The van der Waals surface area contributed by atoms with Crippen LogP contribution in [-0.2, 0) is 7.05 Å². The highest BCUT2D eigenvalue weighted by molar-refractivity contribution is 7.99. The van der Waals surface area contributed by atoms with E-state index < -0.39 is 0 Å². The summed E-state index contributed by atoms with van der Waals surface area (Å²) in [5, 5.41) is 9.57. The minimum Gasteiger partial charge on any atom is -0.366 e. The molecule has 2 aromatic heterocycles. The average molecular weight is 277 g/mol. The van der Waals surface area contributed by atoms with Crippen molar-refractivity contribution in [2.24, 2.45) is 7.05 Å². The standard InChI is InChI=1S/C13H19N5S/c1-3-19-11-6-4-5-10(11)17-12-9-7-16-18(2)13(9)15-8-14-12/h7-8,10-11H,3-6H2,1-2H3,(H,14,15,17). The molecule has 2 atom stereocenters. The van der Waals surface area contributed by atoms with Crippen molar-refractivity contribution < 1.29 is 0 Å². The number of rotatable bonds is 4. The minimum absolute atomic E-state index is 0.517. The lowest BCUT2D eigenvalue weighted by Crippen LogP contribution is -2.26. The monoisotopic (exact) mass is 277 g/mol. The molecule has 0 aliphatic heterocycles. The van der Waals surface area contributed by atoms with Gasteiger partial charge in [0, 0.05) is 18.3 Å². The largest absolute Gasteiger partial charge is 0.366 e. The second-order valence-electron chi connectivity index (χ2n) is 4.90. The Morgan fingerprint density at radius 2 is 2.32 bits per heavy atom. The van der Waals surface area contributed by atoms with E-state index in [2.05, 4.69) is 39.1 Å². The Bertz CT molecular complexity index is 567. The van der Waals surface area contributed by atoms with Crippen molar-refractivity contribution in [3.05, 3.63) is 12.5 Å². The van der Waals surface area contributed by atoms with Crippen molar-refractivity contribution in [2.75, 3.05) is 11.1 Å². The van der Waals surface area contributed by atoms with Gasteiger partial charge in [0.15, 0.2) is 5.65 Å². The van der Waals surface area contributed by atoms with Crippen molar-refractivity contribution in [3.63, 3.8) is 0 Å². The fraction of sp³-hybridized carbons (Fsp3) is 0.615. The highest BCUT2D eigenvalue weighted by Crippen LogP contribution is 2.32. The molecule has 3 rings (SSSR count). The number of aryl methyl sites for hydroxylation is 1. The molecule has 2 unspecified atom stereocenters. The van der Waals surface area contributed by atoms with Gasteiger partial charge in [-0.05, 0) is 18.6 Å². The number of hydrogen-bond acceptors (Lipinski definition) is 5. The maximum Gasteiger partial charge on any atom is 0.163 e. The Morgan fingerprint density at radius 3 is 3.16 bits per heavy atom. The van der Waals surface area contributed by atoms with Crippen LogP contribution >= 0.6 is 11.8 Å². The predicted octanol–water partition coefficient (Wildman–Crippen LogP) is 2.45. The molecule has 0 radical (unpaired) electrons. The van der Waals surface area contributed by atoms with Crippen LogP contribution in [0.25, 0.3) is 11.0 Å². The molecular weight excluding hydrogens is 258 g/mol. The predicted molar refractivity (Wildman–Crippen MR) is 79.5 cm³/mol. The van der Waals surface area contributed by atoms with Crippen molar-refractivity contribution >= 4 is 28.6 Å². The van der Waals surface area contributed by atoms with Crippen LogP contribution in [0, 0.1) is 0 Å². The fourth-order valence-corrected chi connectivity index (χ4v) is 3.96. The second kappa shape index (κ2) is 5.36. The molecule has 1 fully saturated rings. The molecule has 2 heterocycles. The van der Waals surface area contributed by atoms with Crippen LogP contribution < -0.4 is 5.32 Å². The lowest BCUT2D eigenvalue weighted by Gasteiger charge is -2.20. The van der Waals surface area contributed by atoms with Crippen LogP contribution in [0.1, 0.15) is 26.2 Å². The van der Waals surface area contributed by atoms with Gasteiger partial charge in [0.25, 0.3) is 0 Å². The first-order valence-corrected chi connectivity index (χ1v) is 7.85. The molecule has 1 aliphatic carbocycles. The van der Waals surface area contributed by atoms with E-state index in [-0.39, 0.29) is 0 Å². The van der Waals surface area contributed by atoms with Crippen LogP contribution in [0.4, 0.5) is 5.82 Å². The highest BCUT2D eigenvalue weighted by Gasteiger charge is 2.27. The van der Waals surface area contributed by atoms with Crippen LogP contribution in [0.5, 0.6) is 0 Å². The molecule has 0 bridgehead atoms. The first-order chi connectivity index (χ1) is 9.29. The first kappa shape index (κ1) is 12.7. The van der Waals surface area contributed by atoms with Crippen molar-refractivity contribution in [1.29, 1.82) is 0 Å². The third-order valence-corrected chi connectivity index (χ3v) is 5.01. The van der Waals surface area contributed by atoms with E-state index in [0.29, 0.717) is 11.3 Å². The third kappa shape index (κ3) is 2.41. The highest BCUT2D eigenvalue weighted by atomic mass is 32.2. The van der Waals surface area contributed by atoms with Crippen molar-refractivity contribution in [1.82, 2.24) is 19.7 Å². The van der Waals surface area contributed by atoms with Gasteiger partial charge in [-0.15, -0.1) is 0 Å². The van der Waals surface area contributed by atoms with Gasteiger partial charge in [-0.25, -0.2) is 9.97 Å². The number of aromatic nitrogens is 4. The Labute approximate surface area is 117 Å². The lowest BCUT2D eigenvalue weighted by molar-refractivity contribution is 0.762. The van der Waals surface area contributed by atoms with Gasteiger partial charge in [0.2, 0.25) is 0 Å². The summed E-state index contributed by atoms with van der Waals surface area (Å²) >= 11 is 2.05. The second-order valence-corrected chi connectivity index (χ2v) is 6.42. The molecule has 0 aromatic carbocycles. The molecule has 0 spiro atoms. The number of thioether (sulfide) groups is 1. The first-order valence-electron chi connectivity index (χ1n) is 6.80. The zero-order valence-corrected chi connectivity index (χ0v) is 12.2. The van der Waals surface area contributed by atoms with E-state index >= 15 is 0 Å². The zero-order chi connectivity index (χ0) is 13.2. The Hall–Kier alpha value is -1.30. The van der Waals surface area contributed by atoms with Crippen molar-refractivity contribution in [3.8, 4) is 0 Å². The number of hydrogen-bond donors (Lipinski definition) is 1. The summed E-state index contributed by atoms with van der Waals surface area (Å²) in [7, 11) is 1.91. The van der Waals surface area contributed by atoms with Gasteiger partial charge in [-0.3, -0.25) is 4.68 Å². The summed E-state index contributed by atoms with van der Waals surface area (Å²) in [5.41, 5.74) is 0.884. The SMILES string of the molecule is CCSC1CCCC1Nc1ncnc2c1cnn2C. The van der Waals surface area contributed by atoms with E-state index in [1.165, 1.54) is 25.0 Å². The number of anilines is 1. The minimum atomic E-state index is 0.517. The van der Waals surface area contributed by atoms with E-state index in [4.69, 9.17) is 0 Å². The normalized spacial score (nSPS) is 23.1. The summed E-state index contributed by atoms with van der Waals surface area (Å²) in [4.78, 5) is 8.67. The van der Waals surface area contributed by atoms with Gasteiger partial charge in [-0.1, -0.05) is 13.3 Å². The molecule has 19 heavy (non-hydrogen) atoms. The van der Waals surface area contributed by atoms with E-state index in [1.807, 2.05) is 13.2 Å². The Kier molecular flexibility index (Phi) is 3.59. The van der Waals surface area contributed by atoms with E-state index in [1.54, 1.807) is 11.0 Å². The summed E-state index contributed by atoms with van der Waals surface area (Å²) in [6.07, 6.45) is 7.29. The molecule has 2 aromatic rings. The fourth-order valence-electron chi connectivity index (χ4n) is 2.76. The van der Waals surface area contributed by atoms with Gasteiger partial charge in [0.05, 0.1) is 11.6 Å². The van der Waals surface area contributed by atoms with Gasteiger partial charge in [-0.2, -0.15) is 16.9 Å². The maximum absolute atomic E-state index is 4.39. The van der Waals surface area contributed by atoms with Gasteiger partial charge in [0.1, 0.15) is 12.1 Å². The summed E-state index contributed by atoms with van der Waals surface area (Å²) in [5.74, 6) is 2.10. The number of nitrogens with zero attached hydrogens (tertiary/aromatic N) is 4. The summed E-state index contributed by atoms with van der Waals surface area (Å²) in [6.45, 7) is 2.23. The molecule has 0 saturated heterocycles. The van der Waals surface area contributed by atoms with Gasteiger partial charge >= 0.3 is 0 Å². The van der Waals surface area contributed by atoms with Crippen LogP contribution in [0.15, 0.2) is 12.5 Å². The average Bonchev–Trinajstić information content (AvgIpc) is 2.99. The van der Waals surface area contributed by atoms with Crippen LogP contribution in [0.3, 0.4) is 0 Å². The molecule has 1 N–H and O–H groups in total. The third-order valence-electron chi connectivity index (χ3n) is 3.68. The quantitative estimate of drug-likeness (QED) is 0.930. The lowest BCUT2D eigenvalue weighted by atomic mass is 10.2. The van der Waals surface area contributed by atoms with Crippen molar-refractivity contribution in [2.45, 2.75) is 37.5 Å². The smallest absolute Gasteiger partial charge is 0.163 e. The molecule has 0 amide bonds. The van der Waals surface area contributed by atoms with Crippen LogP contribution in [0.2, 0.25) is 0 Å². The maximum atomic E-state index is 4.39. The molecular formula is C13H19N5S. The number of fused-ring (bicyclic) bond motifs is 1. The summed E-state index contributed by atoms with van der Waals surface area (Å²) in [6, 6.07) is 0.517. The molecule has 6 heteroatoms. The van der Waals surface area contributed by atoms with E-state index in [9.17, 15) is 0 Å². The Balaban J connectivity index is 1.85. The zero-order valence-electron chi connectivity index (χ0n) is 11.3. The Morgan fingerprint density at radius 1 is 1.42 bits per heavy atom. The topological polar surface area (TPSA) is 55.6 Å². The molecule has 1 aliphatic rings. The molecule has 5 nitrogen and oxygen atoms in total. The molecule has 102 valence electrons. The van der Waals surface area contributed by atoms with Crippen LogP contribution in [-0.4, -0.2) is 36.8 Å².